The molecule has 0 unspecified atom stereocenters. The maximum absolute atomic E-state index is 11.1. The van der Waals surface area contributed by atoms with Crippen molar-refractivity contribution in [2.75, 3.05) is 6.54 Å². The number of hydrogen-bond donors (Lipinski definition) is 3. The summed E-state index contributed by atoms with van der Waals surface area (Å²) in [5.74, 6) is 0.404. The maximum atomic E-state index is 11.1. The summed E-state index contributed by atoms with van der Waals surface area (Å²) >= 11 is 0. The lowest BCUT2D eigenvalue weighted by atomic mass is 10.0. The van der Waals surface area contributed by atoms with E-state index in [1.165, 1.54) is 42.9 Å². The Bertz CT molecular complexity index is 939. The molecule has 2 aliphatic rings. The number of carbonyl (C=O) groups is 1. The third-order valence-corrected chi connectivity index (χ3v) is 5.78. The molecule has 2 aromatic carbocycles. The lowest BCUT2D eigenvalue weighted by Gasteiger charge is -2.15. The van der Waals surface area contributed by atoms with Crippen LogP contribution in [-0.4, -0.2) is 29.8 Å². The molecule has 0 atom stereocenters. The highest BCUT2D eigenvalue weighted by molar-refractivity contribution is 5.91. The Hall–Kier alpha value is -2.89. The highest BCUT2D eigenvalue weighted by atomic mass is 16.5. The number of amides is 1. The van der Waals surface area contributed by atoms with Crippen molar-refractivity contribution in [1.82, 2.24) is 10.8 Å². The topological polar surface area (TPSA) is 70.6 Å². The first-order valence-electron chi connectivity index (χ1n) is 11.1. The monoisotopic (exact) mass is 418 g/mol. The van der Waals surface area contributed by atoms with E-state index < -0.39 is 5.91 Å². The minimum absolute atomic E-state index is 0.348. The summed E-state index contributed by atoms with van der Waals surface area (Å²) in [6, 6.07) is 17.0. The minimum atomic E-state index is -0.544. The number of hydrogen-bond acceptors (Lipinski definition) is 4. The molecule has 0 saturated heterocycles. The van der Waals surface area contributed by atoms with Crippen LogP contribution in [-0.2, 0) is 4.79 Å². The molecule has 3 N–H and O–H groups in total. The van der Waals surface area contributed by atoms with Crippen molar-refractivity contribution in [2.24, 2.45) is 0 Å². The first kappa shape index (κ1) is 21.3. The van der Waals surface area contributed by atoms with E-state index in [-0.39, 0.29) is 0 Å². The van der Waals surface area contributed by atoms with Crippen molar-refractivity contribution in [1.29, 1.82) is 0 Å². The fraction of sp³-hybridized carbons (Fsp3) is 0.346. The van der Waals surface area contributed by atoms with Crippen LogP contribution in [0.5, 0.6) is 5.75 Å². The van der Waals surface area contributed by atoms with E-state index in [4.69, 9.17) is 9.94 Å². The first-order chi connectivity index (χ1) is 15.2. The molecule has 0 spiro atoms. The Balaban J connectivity index is 1.52. The van der Waals surface area contributed by atoms with Crippen molar-refractivity contribution < 1.29 is 14.7 Å². The van der Waals surface area contributed by atoms with Crippen molar-refractivity contribution >= 4 is 23.6 Å². The van der Waals surface area contributed by atoms with Gasteiger partial charge in [0.1, 0.15) is 5.75 Å². The molecule has 0 aliphatic heterocycles. The number of hydroxylamine groups is 1. The minimum Gasteiger partial charge on any atom is -0.490 e. The molecule has 2 aliphatic carbocycles. The Kier molecular flexibility index (Phi) is 7.18. The van der Waals surface area contributed by atoms with Crippen LogP contribution < -0.4 is 15.5 Å². The van der Waals surface area contributed by atoms with Gasteiger partial charge in [-0.2, -0.15) is 0 Å². The zero-order valence-corrected chi connectivity index (χ0v) is 17.7. The maximum Gasteiger partial charge on any atom is 0.267 e. The number of rotatable bonds is 9. The van der Waals surface area contributed by atoms with Crippen LogP contribution in [0, 0.1) is 0 Å². The standard InChI is InChI=1S/C26H30N2O3/c29-26(28-30)15-12-19-8-10-20(11-9-19)16-22(18-27-23-13-14-23)21-4-3-7-25(17-21)31-24-5-1-2-6-24/h3-4,7-12,15-17,23-24,27,30H,1-2,5-6,13-14,18H2,(H,28,29). The Morgan fingerprint density at radius 1 is 1.03 bits per heavy atom. The van der Waals surface area contributed by atoms with Crippen molar-refractivity contribution in [3.05, 3.63) is 71.3 Å². The van der Waals surface area contributed by atoms with Gasteiger partial charge in [-0.3, -0.25) is 10.0 Å². The molecule has 5 heteroatoms. The van der Waals surface area contributed by atoms with E-state index in [0.29, 0.717) is 12.1 Å². The van der Waals surface area contributed by atoms with Gasteiger partial charge in [0.05, 0.1) is 6.10 Å². The van der Waals surface area contributed by atoms with Gasteiger partial charge in [0, 0.05) is 18.7 Å². The summed E-state index contributed by atoms with van der Waals surface area (Å²) in [4.78, 5) is 11.1. The molecule has 162 valence electrons. The summed E-state index contributed by atoms with van der Waals surface area (Å²) in [5.41, 5.74) is 5.99. The van der Waals surface area contributed by atoms with Crippen LogP contribution in [0.4, 0.5) is 0 Å². The second-order valence-corrected chi connectivity index (χ2v) is 8.35. The van der Waals surface area contributed by atoms with Crippen LogP contribution in [0.15, 0.2) is 54.6 Å². The van der Waals surface area contributed by atoms with Gasteiger partial charge < -0.3 is 10.1 Å². The Morgan fingerprint density at radius 2 is 1.77 bits per heavy atom. The molecule has 2 saturated carbocycles. The van der Waals surface area contributed by atoms with Crippen LogP contribution in [0.1, 0.15) is 55.2 Å². The van der Waals surface area contributed by atoms with Gasteiger partial charge in [-0.05, 0) is 85.1 Å². The highest BCUT2D eigenvalue weighted by Gasteiger charge is 2.21. The zero-order chi connectivity index (χ0) is 21.5. The Morgan fingerprint density at radius 3 is 2.48 bits per heavy atom. The summed E-state index contributed by atoms with van der Waals surface area (Å²) in [7, 11) is 0. The molecule has 1 amide bonds. The van der Waals surface area contributed by atoms with E-state index in [0.717, 1.165) is 36.3 Å². The van der Waals surface area contributed by atoms with Gasteiger partial charge >= 0.3 is 0 Å². The van der Waals surface area contributed by atoms with Crippen LogP contribution in [0.3, 0.4) is 0 Å². The summed E-state index contributed by atoms with van der Waals surface area (Å²) in [6.45, 7) is 0.815. The third-order valence-electron chi connectivity index (χ3n) is 5.78. The van der Waals surface area contributed by atoms with Gasteiger partial charge in [-0.1, -0.05) is 36.4 Å². The van der Waals surface area contributed by atoms with Crippen molar-refractivity contribution in [3.63, 3.8) is 0 Å². The molecule has 5 nitrogen and oxygen atoms in total. The molecular weight excluding hydrogens is 388 g/mol. The van der Waals surface area contributed by atoms with Crippen LogP contribution >= 0.6 is 0 Å². The summed E-state index contributed by atoms with van der Waals surface area (Å²) in [5, 5.41) is 12.2. The third kappa shape index (κ3) is 6.54. The van der Waals surface area contributed by atoms with Crippen molar-refractivity contribution in [3.8, 4) is 5.75 Å². The van der Waals surface area contributed by atoms with Gasteiger partial charge in [0.2, 0.25) is 0 Å². The van der Waals surface area contributed by atoms with E-state index >= 15 is 0 Å². The molecule has 0 bridgehead atoms. The molecule has 4 rings (SSSR count). The summed E-state index contributed by atoms with van der Waals surface area (Å²) in [6.07, 6.45) is 12.8. The first-order valence-corrected chi connectivity index (χ1v) is 11.1. The predicted octanol–water partition coefficient (Wildman–Crippen LogP) is 4.82. The SMILES string of the molecule is O=C(C=Cc1ccc(C=C(CNC2CC2)c2cccc(OC3CCCC3)c2)cc1)NO. The second kappa shape index (κ2) is 10.4. The van der Waals surface area contributed by atoms with E-state index in [2.05, 4.69) is 35.7 Å². The number of nitrogens with one attached hydrogen (secondary N) is 2. The zero-order valence-electron chi connectivity index (χ0n) is 17.7. The highest BCUT2D eigenvalue weighted by Crippen LogP contribution is 2.28. The molecular formula is C26H30N2O3. The van der Waals surface area contributed by atoms with Crippen LogP contribution in [0.25, 0.3) is 17.7 Å². The van der Waals surface area contributed by atoms with E-state index in [9.17, 15) is 4.79 Å². The number of carbonyl (C=O) groups excluding carboxylic acids is 1. The van der Waals surface area contributed by atoms with Crippen LogP contribution in [0.2, 0.25) is 0 Å². The fourth-order valence-electron chi connectivity index (χ4n) is 3.86. The second-order valence-electron chi connectivity index (χ2n) is 8.35. The average molecular weight is 419 g/mol. The van der Waals surface area contributed by atoms with E-state index in [1.54, 1.807) is 11.6 Å². The molecule has 0 radical (unpaired) electrons. The Labute approximate surface area is 183 Å². The van der Waals surface area contributed by atoms with Gasteiger partial charge in [0.15, 0.2) is 0 Å². The molecule has 0 heterocycles. The molecule has 2 aromatic rings. The largest absolute Gasteiger partial charge is 0.490 e. The lowest BCUT2D eigenvalue weighted by Crippen LogP contribution is -2.18. The summed E-state index contributed by atoms with van der Waals surface area (Å²) < 4.78 is 6.22. The predicted molar refractivity (Wildman–Crippen MR) is 124 cm³/mol. The number of ether oxygens (including phenoxy) is 1. The molecule has 31 heavy (non-hydrogen) atoms. The fourth-order valence-corrected chi connectivity index (χ4v) is 3.86. The molecule has 2 fully saturated rings. The normalized spacial score (nSPS) is 17.3. The van der Waals surface area contributed by atoms with Gasteiger partial charge in [-0.15, -0.1) is 0 Å². The van der Waals surface area contributed by atoms with E-state index in [1.807, 2.05) is 24.3 Å². The quantitative estimate of drug-likeness (QED) is 0.236. The molecule has 0 aromatic heterocycles. The van der Waals surface area contributed by atoms with Gasteiger partial charge in [0.25, 0.3) is 5.91 Å². The average Bonchev–Trinajstić information content (AvgIpc) is 3.50. The van der Waals surface area contributed by atoms with Gasteiger partial charge in [-0.25, -0.2) is 5.48 Å². The lowest BCUT2D eigenvalue weighted by molar-refractivity contribution is -0.124. The number of benzene rings is 2. The smallest absolute Gasteiger partial charge is 0.267 e. The van der Waals surface area contributed by atoms with Crippen molar-refractivity contribution in [2.45, 2.75) is 50.7 Å².